The minimum Gasteiger partial charge on any atom is -0.507 e. The van der Waals surface area contributed by atoms with Crippen LogP contribution in [0.4, 0.5) is 5.69 Å². The predicted molar refractivity (Wildman–Crippen MR) is 150 cm³/mol. The number of hydrogen-bond acceptors (Lipinski definition) is 5. The largest absolute Gasteiger partial charge is 0.507 e. The van der Waals surface area contributed by atoms with E-state index in [1.807, 2.05) is 66.7 Å². The van der Waals surface area contributed by atoms with Gasteiger partial charge in [0.2, 0.25) is 0 Å². The van der Waals surface area contributed by atoms with E-state index in [4.69, 9.17) is 4.74 Å². The first kappa shape index (κ1) is 24.1. The monoisotopic (exact) mass is 512 g/mol. The average Bonchev–Trinajstić information content (AvgIpc) is 3.26. The van der Waals surface area contributed by atoms with Gasteiger partial charge < -0.3 is 9.84 Å². The molecule has 0 spiro atoms. The fourth-order valence-electron chi connectivity index (χ4n) is 4.97. The van der Waals surface area contributed by atoms with Crippen LogP contribution in [0.3, 0.4) is 0 Å². The SMILES string of the molecule is O=C1C(=O)N(c2ccc(OCc3ccccc3)cc2)C(c2cccnc2)/C1=C(/O)c1cccc2ccccc12. The minimum atomic E-state index is -0.853. The Balaban J connectivity index is 1.41. The van der Waals surface area contributed by atoms with Crippen LogP contribution >= 0.6 is 0 Å². The van der Waals surface area contributed by atoms with E-state index in [0.717, 1.165) is 16.3 Å². The van der Waals surface area contributed by atoms with Crippen LogP contribution in [0.2, 0.25) is 0 Å². The maximum absolute atomic E-state index is 13.5. The molecule has 6 heteroatoms. The number of fused-ring (bicyclic) bond motifs is 1. The molecule has 0 saturated carbocycles. The molecule has 6 rings (SSSR count). The molecule has 190 valence electrons. The highest BCUT2D eigenvalue weighted by Gasteiger charge is 2.47. The van der Waals surface area contributed by atoms with E-state index in [1.165, 1.54) is 4.90 Å². The number of carbonyl (C=O) groups excluding carboxylic acids is 2. The van der Waals surface area contributed by atoms with Crippen molar-refractivity contribution in [2.24, 2.45) is 0 Å². The number of hydrogen-bond donors (Lipinski definition) is 1. The molecular formula is C33H24N2O4. The van der Waals surface area contributed by atoms with E-state index in [9.17, 15) is 14.7 Å². The van der Waals surface area contributed by atoms with Crippen LogP contribution in [0.25, 0.3) is 16.5 Å². The summed E-state index contributed by atoms with van der Waals surface area (Å²) in [6.45, 7) is 0.408. The Bertz CT molecular complexity index is 1690. The highest BCUT2D eigenvalue weighted by Crippen LogP contribution is 2.43. The number of nitrogens with zero attached hydrogens (tertiary/aromatic N) is 2. The Labute approximate surface area is 225 Å². The van der Waals surface area contributed by atoms with Gasteiger partial charge in [-0.1, -0.05) is 78.9 Å². The van der Waals surface area contributed by atoms with Crippen LogP contribution in [0.15, 0.2) is 127 Å². The predicted octanol–water partition coefficient (Wildman–Crippen LogP) is 6.44. The number of aromatic nitrogens is 1. The van der Waals surface area contributed by atoms with Crippen LogP contribution in [0.5, 0.6) is 5.75 Å². The van der Waals surface area contributed by atoms with Crippen molar-refractivity contribution >= 4 is 33.9 Å². The number of anilines is 1. The molecule has 1 amide bonds. The summed E-state index contributed by atoms with van der Waals surface area (Å²) < 4.78 is 5.90. The minimum absolute atomic E-state index is 0.0220. The average molecular weight is 513 g/mol. The smallest absolute Gasteiger partial charge is 0.300 e. The molecule has 0 bridgehead atoms. The number of benzene rings is 4. The van der Waals surface area contributed by atoms with Gasteiger partial charge in [-0.15, -0.1) is 0 Å². The number of carbonyl (C=O) groups is 2. The number of ketones is 1. The van der Waals surface area contributed by atoms with Gasteiger partial charge in [-0.05, 0) is 52.2 Å². The quantitative estimate of drug-likeness (QED) is 0.161. The molecule has 5 aromatic rings. The summed E-state index contributed by atoms with van der Waals surface area (Å²) in [6.07, 6.45) is 3.23. The van der Waals surface area contributed by atoms with E-state index in [0.29, 0.717) is 29.2 Å². The Morgan fingerprint density at radius 1 is 0.821 bits per heavy atom. The third-order valence-corrected chi connectivity index (χ3v) is 6.85. The summed E-state index contributed by atoms with van der Waals surface area (Å²) >= 11 is 0. The van der Waals surface area contributed by atoms with Crippen molar-refractivity contribution in [3.8, 4) is 5.75 Å². The maximum Gasteiger partial charge on any atom is 0.300 e. The summed E-state index contributed by atoms with van der Waals surface area (Å²) in [5, 5.41) is 13.3. The molecule has 0 radical (unpaired) electrons. The Hall–Kier alpha value is -5.23. The standard InChI is InChI=1S/C33H24N2O4/c36-31(28-14-6-11-23-10-4-5-13-27(23)28)29-30(24-12-7-19-34-20-24)35(33(38)32(29)37)25-15-17-26(18-16-25)39-21-22-8-2-1-3-9-22/h1-20,30,36H,21H2/b31-29-. The van der Waals surface area contributed by atoms with Gasteiger partial charge in [0.25, 0.3) is 11.7 Å². The van der Waals surface area contributed by atoms with E-state index in [-0.39, 0.29) is 11.3 Å². The molecule has 1 atom stereocenters. The molecule has 4 aromatic carbocycles. The van der Waals surface area contributed by atoms with Crippen molar-refractivity contribution in [1.29, 1.82) is 0 Å². The Morgan fingerprint density at radius 2 is 1.56 bits per heavy atom. The number of aliphatic hydroxyl groups is 1. The number of aliphatic hydroxyl groups excluding tert-OH is 1. The first-order valence-electron chi connectivity index (χ1n) is 12.6. The molecule has 0 aliphatic carbocycles. The zero-order valence-electron chi connectivity index (χ0n) is 20.9. The van der Waals surface area contributed by atoms with Crippen molar-refractivity contribution < 1.29 is 19.4 Å². The fraction of sp³-hybridized carbons (Fsp3) is 0.0606. The fourth-order valence-corrected chi connectivity index (χ4v) is 4.97. The number of Topliss-reactive ketones (excluding diaryl/α,β-unsaturated/α-hetero) is 1. The van der Waals surface area contributed by atoms with Crippen LogP contribution in [0.1, 0.15) is 22.7 Å². The maximum atomic E-state index is 13.5. The third-order valence-electron chi connectivity index (χ3n) is 6.85. The summed E-state index contributed by atoms with van der Waals surface area (Å²) in [7, 11) is 0. The summed E-state index contributed by atoms with van der Waals surface area (Å²) in [4.78, 5) is 32.6. The topological polar surface area (TPSA) is 79.7 Å². The van der Waals surface area contributed by atoms with Crippen molar-refractivity contribution in [3.05, 3.63) is 144 Å². The van der Waals surface area contributed by atoms with Gasteiger partial charge in [-0.3, -0.25) is 19.5 Å². The van der Waals surface area contributed by atoms with E-state index >= 15 is 0 Å². The Morgan fingerprint density at radius 3 is 2.33 bits per heavy atom. The molecule has 39 heavy (non-hydrogen) atoms. The number of ether oxygens (including phenoxy) is 1. The normalized spacial score (nSPS) is 16.5. The van der Waals surface area contributed by atoms with Crippen molar-refractivity contribution in [3.63, 3.8) is 0 Å². The van der Waals surface area contributed by atoms with Crippen LogP contribution in [-0.2, 0) is 16.2 Å². The van der Waals surface area contributed by atoms with Crippen LogP contribution < -0.4 is 9.64 Å². The third kappa shape index (κ3) is 4.53. The number of amides is 1. The molecule has 1 saturated heterocycles. The molecule has 1 aliphatic rings. The highest BCUT2D eigenvalue weighted by molar-refractivity contribution is 6.51. The molecule has 1 fully saturated rings. The summed E-state index contributed by atoms with van der Waals surface area (Å²) in [5.74, 6) is -1.06. The molecule has 1 N–H and O–H groups in total. The lowest BCUT2D eigenvalue weighted by molar-refractivity contribution is -0.132. The van der Waals surface area contributed by atoms with Crippen LogP contribution in [0, 0.1) is 0 Å². The molecule has 6 nitrogen and oxygen atoms in total. The highest BCUT2D eigenvalue weighted by atomic mass is 16.5. The van der Waals surface area contributed by atoms with Crippen LogP contribution in [-0.4, -0.2) is 21.8 Å². The lowest BCUT2D eigenvalue weighted by Crippen LogP contribution is -2.29. The molecule has 1 aromatic heterocycles. The van der Waals surface area contributed by atoms with Gasteiger partial charge in [-0.2, -0.15) is 0 Å². The number of pyridine rings is 1. The van der Waals surface area contributed by atoms with Gasteiger partial charge in [0.05, 0.1) is 11.6 Å². The second-order valence-corrected chi connectivity index (χ2v) is 9.25. The zero-order chi connectivity index (χ0) is 26.8. The van der Waals surface area contributed by atoms with Crippen molar-refractivity contribution in [1.82, 2.24) is 4.98 Å². The van der Waals surface area contributed by atoms with Gasteiger partial charge in [0.15, 0.2) is 0 Å². The van der Waals surface area contributed by atoms with E-state index < -0.39 is 17.7 Å². The first-order valence-corrected chi connectivity index (χ1v) is 12.6. The molecule has 1 unspecified atom stereocenters. The zero-order valence-corrected chi connectivity index (χ0v) is 20.9. The van der Waals surface area contributed by atoms with E-state index in [1.54, 1.807) is 54.9 Å². The first-order chi connectivity index (χ1) is 19.1. The summed E-state index contributed by atoms with van der Waals surface area (Å²) in [6, 6.07) is 32.6. The lowest BCUT2D eigenvalue weighted by atomic mass is 9.94. The second-order valence-electron chi connectivity index (χ2n) is 9.25. The van der Waals surface area contributed by atoms with Gasteiger partial charge in [0.1, 0.15) is 18.1 Å². The van der Waals surface area contributed by atoms with Gasteiger partial charge in [0, 0.05) is 23.6 Å². The molecule has 2 heterocycles. The van der Waals surface area contributed by atoms with Crippen molar-refractivity contribution in [2.45, 2.75) is 12.6 Å². The van der Waals surface area contributed by atoms with E-state index in [2.05, 4.69) is 4.98 Å². The Kier molecular flexibility index (Phi) is 6.35. The molecule has 1 aliphatic heterocycles. The van der Waals surface area contributed by atoms with Gasteiger partial charge in [-0.25, -0.2) is 0 Å². The lowest BCUT2D eigenvalue weighted by Gasteiger charge is -2.25. The summed E-state index contributed by atoms with van der Waals surface area (Å²) in [5.41, 5.74) is 2.67. The number of rotatable bonds is 6. The molecular weight excluding hydrogens is 488 g/mol. The second kappa shape index (κ2) is 10.3. The van der Waals surface area contributed by atoms with Gasteiger partial charge >= 0.3 is 0 Å². The van der Waals surface area contributed by atoms with Crippen molar-refractivity contribution in [2.75, 3.05) is 4.90 Å².